The molecule has 0 radical (unpaired) electrons. The number of aryl methyl sites for hydroxylation is 1. The van der Waals surface area contributed by atoms with E-state index in [1.165, 1.54) is 5.56 Å². The predicted octanol–water partition coefficient (Wildman–Crippen LogP) is 3.08. The van der Waals surface area contributed by atoms with E-state index < -0.39 is 0 Å². The van der Waals surface area contributed by atoms with E-state index in [1.807, 2.05) is 37.3 Å². The summed E-state index contributed by atoms with van der Waals surface area (Å²) in [4.78, 5) is 0. The molecule has 0 bridgehead atoms. The van der Waals surface area contributed by atoms with Gasteiger partial charge in [-0.25, -0.2) is 4.68 Å². The van der Waals surface area contributed by atoms with Crippen molar-refractivity contribution in [1.82, 2.24) is 9.78 Å². The first-order valence-electron chi connectivity index (χ1n) is 6.16. The number of hydrogen-bond donors (Lipinski definition) is 1. The second kappa shape index (κ2) is 4.65. The van der Waals surface area contributed by atoms with Crippen LogP contribution in [-0.2, 0) is 6.54 Å². The molecule has 3 rings (SSSR count). The minimum Gasteiger partial charge on any atom is -0.469 e. The van der Waals surface area contributed by atoms with Gasteiger partial charge in [-0.3, -0.25) is 0 Å². The van der Waals surface area contributed by atoms with E-state index in [9.17, 15) is 0 Å². The number of nitrogens with two attached hydrogens (primary N) is 1. The fourth-order valence-corrected chi connectivity index (χ4v) is 2.10. The summed E-state index contributed by atoms with van der Waals surface area (Å²) in [6.07, 6.45) is 1.66. The highest BCUT2D eigenvalue weighted by atomic mass is 16.3. The smallest absolute Gasteiger partial charge is 0.122 e. The second-order valence-electron chi connectivity index (χ2n) is 4.49. The Bertz CT molecular complexity index is 682. The molecule has 4 nitrogen and oxygen atoms in total. The number of hydrogen-bond acceptors (Lipinski definition) is 3. The van der Waals surface area contributed by atoms with E-state index in [0.29, 0.717) is 12.4 Å². The number of nitrogen functional groups attached to an aromatic ring is 1. The normalized spacial score (nSPS) is 10.8. The molecule has 2 heterocycles. The van der Waals surface area contributed by atoms with Crippen LogP contribution in [0.3, 0.4) is 0 Å². The van der Waals surface area contributed by atoms with E-state index in [2.05, 4.69) is 17.2 Å². The van der Waals surface area contributed by atoms with E-state index in [0.717, 1.165) is 17.0 Å². The van der Waals surface area contributed by atoms with Gasteiger partial charge in [-0.2, -0.15) is 5.10 Å². The molecule has 0 spiro atoms. The maximum Gasteiger partial charge on any atom is 0.122 e. The monoisotopic (exact) mass is 253 g/mol. The minimum atomic E-state index is 0.652. The molecule has 0 saturated carbocycles. The van der Waals surface area contributed by atoms with Crippen LogP contribution in [0, 0.1) is 6.92 Å². The quantitative estimate of drug-likeness (QED) is 0.780. The van der Waals surface area contributed by atoms with Crippen LogP contribution < -0.4 is 5.73 Å². The number of anilines is 1. The third kappa shape index (κ3) is 2.25. The van der Waals surface area contributed by atoms with Crippen molar-refractivity contribution >= 4 is 5.82 Å². The number of nitrogens with zero attached hydrogens (tertiary/aromatic N) is 2. The molecule has 0 fully saturated rings. The fourth-order valence-electron chi connectivity index (χ4n) is 2.10. The van der Waals surface area contributed by atoms with Gasteiger partial charge < -0.3 is 10.2 Å². The summed E-state index contributed by atoms with van der Waals surface area (Å²) in [6.45, 7) is 2.59. The van der Waals surface area contributed by atoms with Crippen LogP contribution in [-0.4, -0.2) is 9.78 Å². The van der Waals surface area contributed by atoms with E-state index in [-0.39, 0.29) is 0 Å². The Hall–Kier alpha value is -2.49. The average molecular weight is 253 g/mol. The van der Waals surface area contributed by atoms with Crippen LogP contribution in [0.25, 0.3) is 11.3 Å². The van der Waals surface area contributed by atoms with E-state index in [1.54, 1.807) is 10.9 Å². The molecule has 0 aliphatic heterocycles. The van der Waals surface area contributed by atoms with Crippen LogP contribution in [0.2, 0.25) is 0 Å². The highest BCUT2D eigenvalue weighted by Gasteiger charge is 2.11. The summed E-state index contributed by atoms with van der Waals surface area (Å²) < 4.78 is 7.10. The Morgan fingerprint density at radius 3 is 2.68 bits per heavy atom. The number of rotatable bonds is 3. The molecule has 96 valence electrons. The summed E-state index contributed by atoms with van der Waals surface area (Å²) in [5, 5.41) is 4.54. The summed E-state index contributed by atoms with van der Waals surface area (Å²) >= 11 is 0. The number of furan rings is 1. The Morgan fingerprint density at radius 2 is 2.00 bits per heavy atom. The predicted molar refractivity (Wildman–Crippen MR) is 74.6 cm³/mol. The molecule has 4 heteroatoms. The number of aromatic nitrogens is 2. The van der Waals surface area contributed by atoms with Crippen molar-refractivity contribution < 1.29 is 4.42 Å². The van der Waals surface area contributed by atoms with Crippen molar-refractivity contribution in [3.05, 3.63) is 60.1 Å². The minimum absolute atomic E-state index is 0.652. The largest absolute Gasteiger partial charge is 0.469 e. The number of benzene rings is 1. The van der Waals surface area contributed by atoms with Gasteiger partial charge in [0.2, 0.25) is 0 Å². The van der Waals surface area contributed by atoms with Gasteiger partial charge in [-0.15, -0.1) is 0 Å². The van der Waals surface area contributed by atoms with Crippen molar-refractivity contribution in [2.75, 3.05) is 5.73 Å². The highest BCUT2D eigenvalue weighted by Crippen LogP contribution is 2.25. The molecule has 1 aromatic carbocycles. The van der Waals surface area contributed by atoms with Gasteiger partial charge in [0.15, 0.2) is 0 Å². The zero-order valence-corrected chi connectivity index (χ0v) is 10.7. The third-order valence-electron chi connectivity index (χ3n) is 3.12. The first-order valence-corrected chi connectivity index (χ1v) is 6.16. The van der Waals surface area contributed by atoms with Gasteiger partial charge in [-0.05, 0) is 18.6 Å². The Morgan fingerprint density at radius 1 is 1.21 bits per heavy atom. The first kappa shape index (κ1) is 11.6. The van der Waals surface area contributed by atoms with Crippen molar-refractivity contribution in [1.29, 1.82) is 0 Å². The molecule has 0 aliphatic rings. The molecule has 0 saturated heterocycles. The van der Waals surface area contributed by atoms with Gasteiger partial charge in [0.25, 0.3) is 0 Å². The third-order valence-corrected chi connectivity index (χ3v) is 3.12. The topological polar surface area (TPSA) is 57.0 Å². The van der Waals surface area contributed by atoms with Gasteiger partial charge >= 0.3 is 0 Å². The maximum absolute atomic E-state index is 6.02. The maximum atomic E-state index is 6.02. The zero-order chi connectivity index (χ0) is 13.2. The van der Waals surface area contributed by atoms with E-state index in [4.69, 9.17) is 10.2 Å². The second-order valence-corrected chi connectivity index (χ2v) is 4.49. The van der Waals surface area contributed by atoms with Gasteiger partial charge in [0.05, 0.1) is 18.5 Å². The highest BCUT2D eigenvalue weighted by molar-refractivity contribution is 5.63. The Kier molecular flexibility index (Phi) is 2.83. The molecule has 2 aromatic heterocycles. The van der Waals surface area contributed by atoms with E-state index >= 15 is 0 Å². The van der Waals surface area contributed by atoms with Gasteiger partial charge in [0, 0.05) is 11.6 Å². The summed E-state index contributed by atoms with van der Waals surface area (Å²) in [6, 6.07) is 13.9. The molecule has 0 unspecified atom stereocenters. The molecular weight excluding hydrogens is 238 g/mol. The lowest BCUT2D eigenvalue weighted by molar-refractivity contribution is 0.535. The van der Waals surface area contributed by atoms with Crippen molar-refractivity contribution in [3.8, 4) is 11.3 Å². The van der Waals surface area contributed by atoms with Gasteiger partial charge in [-0.1, -0.05) is 30.3 Å². The van der Waals surface area contributed by atoms with Crippen LogP contribution in [0.4, 0.5) is 5.82 Å². The SMILES string of the molecule is Cc1occc1-c1cc(N)n(Cc2ccccc2)n1. The molecule has 0 aliphatic carbocycles. The standard InChI is InChI=1S/C15H15N3O/c1-11-13(7-8-19-11)14-9-15(16)18(17-14)10-12-5-3-2-4-6-12/h2-9H,10,16H2,1H3. The summed E-state index contributed by atoms with van der Waals surface area (Å²) in [5.41, 5.74) is 9.02. The Labute approximate surface area is 111 Å². The molecule has 3 aromatic rings. The molecule has 2 N–H and O–H groups in total. The molecule has 0 atom stereocenters. The lowest BCUT2D eigenvalue weighted by atomic mass is 10.2. The zero-order valence-electron chi connectivity index (χ0n) is 10.7. The van der Waals surface area contributed by atoms with Crippen molar-refractivity contribution in [2.24, 2.45) is 0 Å². The average Bonchev–Trinajstić information content (AvgIpc) is 2.98. The van der Waals surface area contributed by atoms with Crippen LogP contribution >= 0.6 is 0 Å². The van der Waals surface area contributed by atoms with Crippen molar-refractivity contribution in [2.45, 2.75) is 13.5 Å². The molecule has 0 amide bonds. The van der Waals surface area contributed by atoms with Crippen molar-refractivity contribution in [3.63, 3.8) is 0 Å². The lowest BCUT2D eigenvalue weighted by Crippen LogP contribution is -2.05. The van der Waals surface area contributed by atoms with Crippen LogP contribution in [0.1, 0.15) is 11.3 Å². The van der Waals surface area contributed by atoms with Gasteiger partial charge in [0.1, 0.15) is 11.6 Å². The first-order chi connectivity index (χ1) is 9.24. The lowest BCUT2D eigenvalue weighted by Gasteiger charge is -2.03. The van der Waals surface area contributed by atoms with Crippen LogP contribution in [0.5, 0.6) is 0 Å². The summed E-state index contributed by atoms with van der Waals surface area (Å²) in [7, 11) is 0. The summed E-state index contributed by atoms with van der Waals surface area (Å²) in [5.74, 6) is 1.50. The Balaban J connectivity index is 1.92. The molecule has 19 heavy (non-hydrogen) atoms. The fraction of sp³-hybridized carbons (Fsp3) is 0.133. The molecular formula is C15H15N3O. The van der Waals surface area contributed by atoms with Crippen LogP contribution in [0.15, 0.2) is 53.1 Å².